The van der Waals surface area contributed by atoms with Gasteiger partial charge in [-0.2, -0.15) is 0 Å². The molecule has 0 spiro atoms. The molecule has 0 aliphatic rings. The molecule has 0 amide bonds. The Morgan fingerprint density at radius 1 is 1.27 bits per heavy atom. The largest absolute Gasteiger partial charge is 0.496 e. The zero-order valence-electron chi connectivity index (χ0n) is 13.9. The van der Waals surface area contributed by atoms with Crippen molar-refractivity contribution in [3.63, 3.8) is 0 Å². The third kappa shape index (κ3) is 3.54. The molecule has 0 radical (unpaired) electrons. The van der Waals surface area contributed by atoms with E-state index in [1.54, 1.807) is 24.4 Å². The van der Waals surface area contributed by atoms with Crippen molar-refractivity contribution >= 4 is 11.7 Å². The van der Waals surface area contributed by atoms with Crippen LogP contribution in [0.2, 0.25) is 0 Å². The Balaban J connectivity index is 1.81. The van der Waals surface area contributed by atoms with Crippen LogP contribution in [-0.2, 0) is 11.3 Å². The monoisotopic (exact) mass is 353 g/mol. The lowest BCUT2D eigenvalue weighted by molar-refractivity contribution is -0.384. The molecule has 8 heteroatoms. The Morgan fingerprint density at radius 2 is 2.08 bits per heavy atom. The Labute approximate surface area is 148 Å². The van der Waals surface area contributed by atoms with E-state index in [1.165, 1.54) is 42.4 Å². The van der Waals surface area contributed by atoms with E-state index < -0.39 is 10.9 Å². The van der Waals surface area contributed by atoms with Crippen molar-refractivity contribution in [2.75, 3.05) is 7.11 Å². The summed E-state index contributed by atoms with van der Waals surface area (Å²) in [6.07, 6.45) is 4.54. The van der Waals surface area contributed by atoms with Gasteiger partial charge in [-0.15, -0.1) is 0 Å². The fraction of sp³-hybridized carbons (Fsp3) is 0.111. The van der Waals surface area contributed by atoms with Gasteiger partial charge in [0.2, 0.25) is 0 Å². The number of esters is 1. The van der Waals surface area contributed by atoms with Crippen molar-refractivity contribution < 1.29 is 19.2 Å². The summed E-state index contributed by atoms with van der Waals surface area (Å²) in [5.74, 6) is -0.0575. The molecule has 0 atom stereocenters. The molecule has 0 saturated heterocycles. The normalized spacial score (nSPS) is 10.3. The average Bonchev–Trinajstić information content (AvgIpc) is 3.20. The Kier molecular flexibility index (Phi) is 4.93. The van der Waals surface area contributed by atoms with Crippen LogP contribution in [0.4, 0.5) is 5.69 Å². The number of para-hydroxylation sites is 1. The van der Waals surface area contributed by atoms with Gasteiger partial charge in [0.1, 0.15) is 18.0 Å². The SMILES string of the molecule is COc1ccccc1COC(=O)c1ccc(-n2ccnc2)c([N+](=O)[O-])c1. The molecular formula is C18H15N3O5. The highest BCUT2D eigenvalue weighted by atomic mass is 16.6. The quantitative estimate of drug-likeness (QED) is 0.384. The first-order valence-corrected chi connectivity index (χ1v) is 7.66. The van der Waals surface area contributed by atoms with Gasteiger partial charge in [-0.25, -0.2) is 9.78 Å². The molecule has 0 bridgehead atoms. The highest BCUT2D eigenvalue weighted by molar-refractivity contribution is 5.90. The highest BCUT2D eigenvalue weighted by Gasteiger charge is 2.19. The van der Waals surface area contributed by atoms with Crippen molar-refractivity contribution in [2.45, 2.75) is 6.61 Å². The first kappa shape index (κ1) is 17.2. The van der Waals surface area contributed by atoms with Crippen molar-refractivity contribution in [3.8, 4) is 11.4 Å². The maximum absolute atomic E-state index is 12.3. The molecule has 0 fully saturated rings. The number of nitro groups is 1. The minimum Gasteiger partial charge on any atom is -0.496 e. The number of imidazole rings is 1. The van der Waals surface area contributed by atoms with Gasteiger partial charge in [-0.05, 0) is 18.2 Å². The van der Waals surface area contributed by atoms with Gasteiger partial charge in [0.05, 0.1) is 23.9 Å². The smallest absolute Gasteiger partial charge is 0.338 e. The molecule has 0 N–H and O–H groups in total. The van der Waals surface area contributed by atoms with Gasteiger partial charge in [0, 0.05) is 24.0 Å². The molecule has 0 aliphatic carbocycles. The predicted octanol–water partition coefficient (Wildman–Crippen LogP) is 3.15. The van der Waals surface area contributed by atoms with Crippen LogP contribution < -0.4 is 4.74 Å². The summed E-state index contributed by atoms with van der Waals surface area (Å²) in [5, 5.41) is 11.4. The third-order valence-corrected chi connectivity index (χ3v) is 3.74. The van der Waals surface area contributed by atoms with Crippen molar-refractivity contribution in [2.24, 2.45) is 0 Å². The predicted molar refractivity (Wildman–Crippen MR) is 92.3 cm³/mol. The number of methoxy groups -OCH3 is 1. The average molecular weight is 353 g/mol. The number of hydrogen-bond acceptors (Lipinski definition) is 6. The lowest BCUT2D eigenvalue weighted by atomic mass is 10.1. The molecule has 2 aromatic carbocycles. The lowest BCUT2D eigenvalue weighted by Crippen LogP contribution is -2.08. The number of nitrogens with zero attached hydrogens (tertiary/aromatic N) is 3. The second-order valence-corrected chi connectivity index (χ2v) is 5.32. The minimum absolute atomic E-state index is 0.0000831. The zero-order chi connectivity index (χ0) is 18.5. The first-order chi connectivity index (χ1) is 12.6. The van der Waals surface area contributed by atoms with Crippen LogP contribution in [0.3, 0.4) is 0 Å². The maximum atomic E-state index is 12.3. The van der Waals surface area contributed by atoms with E-state index in [0.29, 0.717) is 17.0 Å². The van der Waals surface area contributed by atoms with Crippen LogP contribution in [0.25, 0.3) is 5.69 Å². The van der Waals surface area contributed by atoms with Crippen LogP contribution >= 0.6 is 0 Å². The van der Waals surface area contributed by atoms with E-state index >= 15 is 0 Å². The van der Waals surface area contributed by atoms with E-state index in [1.807, 2.05) is 6.07 Å². The van der Waals surface area contributed by atoms with Crippen LogP contribution in [0.5, 0.6) is 5.75 Å². The standard InChI is InChI=1S/C18H15N3O5/c1-25-17-5-3-2-4-14(17)11-26-18(22)13-6-7-15(16(10-13)21(23)24)20-9-8-19-12-20/h2-10,12H,11H2,1H3. The van der Waals surface area contributed by atoms with E-state index in [9.17, 15) is 14.9 Å². The number of rotatable bonds is 6. The fourth-order valence-electron chi connectivity index (χ4n) is 2.47. The van der Waals surface area contributed by atoms with Crippen LogP contribution in [0, 0.1) is 10.1 Å². The Hall–Kier alpha value is -3.68. The number of hydrogen-bond donors (Lipinski definition) is 0. The Morgan fingerprint density at radius 3 is 2.77 bits per heavy atom. The first-order valence-electron chi connectivity index (χ1n) is 7.66. The zero-order valence-corrected chi connectivity index (χ0v) is 13.9. The van der Waals surface area contributed by atoms with Gasteiger partial charge in [0.25, 0.3) is 5.69 Å². The molecule has 3 rings (SSSR count). The van der Waals surface area contributed by atoms with Crippen LogP contribution in [0.15, 0.2) is 61.2 Å². The minimum atomic E-state index is -0.656. The summed E-state index contributed by atoms with van der Waals surface area (Å²) >= 11 is 0. The second-order valence-electron chi connectivity index (χ2n) is 5.32. The Bertz CT molecular complexity index is 938. The summed E-state index contributed by atoms with van der Waals surface area (Å²) in [4.78, 5) is 27.0. The number of benzene rings is 2. The van der Waals surface area contributed by atoms with Gasteiger partial charge in [-0.3, -0.25) is 10.1 Å². The summed E-state index contributed by atoms with van der Waals surface area (Å²) in [6, 6.07) is 11.3. The van der Waals surface area contributed by atoms with E-state index in [2.05, 4.69) is 4.98 Å². The number of carbonyl (C=O) groups is 1. The summed E-state index contributed by atoms with van der Waals surface area (Å²) in [7, 11) is 1.53. The molecule has 0 saturated carbocycles. The maximum Gasteiger partial charge on any atom is 0.338 e. The molecule has 8 nitrogen and oxygen atoms in total. The molecule has 0 unspecified atom stereocenters. The van der Waals surface area contributed by atoms with Gasteiger partial charge >= 0.3 is 5.97 Å². The lowest BCUT2D eigenvalue weighted by Gasteiger charge is -2.10. The number of ether oxygens (including phenoxy) is 2. The van der Waals surface area contributed by atoms with E-state index in [4.69, 9.17) is 9.47 Å². The third-order valence-electron chi connectivity index (χ3n) is 3.74. The van der Waals surface area contributed by atoms with Crippen molar-refractivity contribution in [3.05, 3.63) is 82.4 Å². The molecule has 1 heterocycles. The van der Waals surface area contributed by atoms with E-state index in [0.717, 1.165) is 0 Å². The summed E-state index contributed by atoms with van der Waals surface area (Å²) < 4.78 is 12.0. The van der Waals surface area contributed by atoms with Gasteiger partial charge in [0.15, 0.2) is 0 Å². The van der Waals surface area contributed by atoms with Crippen LogP contribution in [0.1, 0.15) is 15.9 Å². The molecular weight excluding hydrogens is 338 g/mol. The topological polar surface area (TPSA) is 96.5 Å². The van der Waals surface area contributed by atoms with Crippen molar-refractivity contribution in [1.82, 2.24) is 9.55 Å². The number of aromatic nitrogens is 2. The van der Waals surface area contributed by atoms with E-state index in [-0.39, 0.29) is 17.9 Å². The fourth-order valence-corrected chi connectivity index (χ4v) is 2.47. The number of nitro benzene ring substituents is 1. The van der Waals surface area contributed by atoms with Gasteiger partial charge in [-0.1, -0.05) is 18.2 Å². The summed E-state index contributed by atoms with van der Waals surface area (Å²) in [5.41, 5.74) is 0.895. The van der Waals surface area contributed by atoms with Crippen LogP contribution in [-0.4, -0.2) is 27.6 Å². The molecule has 1 aromatic heterocycles. The molecule has 0 aliphatic heterocycles. The highest BCUT2D eigenvalue weighted by Crippen LogP contribution is 2.25. The molecule has 3 aromatic rings. The molecule has 26 heavy (non-hydrogen) atoms. The summed E-state index contributed by atoms with van der Waals surface area (Å²) in [6.45, 7) is -0.0000831. The molecule has 132 valence electrons. The number of carbonyl (C=O) groups excluding carboxylic acids is 1. The second kappa shape index (κ2) is 7.47. The van der Waals surface area contributed by atoms with Gasteiger partial charge < -0.3 is 14.0 Å². The van der Waals surface area contributed by atoms with Crippen molar-refractivity contribution in [1.29, 1.82) is 0 Å².